The molecule has 2 aliphatic heterocycles. The smallest absolute Gasteiger partial charge is 0.307 e. The van der Waals surface area contributed by atoms with Crippen LogP contribution in [-0.4, -0.2) is 48.8 Å². The van der Waals surface area contributed by atoms with E-state index in [0.29, 0.717) is 18.9 Å². The van der Waals surface area contributed by atoms with E-state index in [9.17, 15) is 4.79 Å². The summed E-state index contributed by atoms with van der Waals surface area (Å²) in [7, 11) is 0. The van der Waals surface area contributed by atoms with E-state index >= 15 is 0 Å². The van der Waals surface area contributed by atoms with Crippen molar-refractivity contribution in [2.75, 3.05) is 26.3 Å². The summed E-state index contributed by atoms with van der Waals surface area (Å²) < 4.78 is 11.1. The molecule has 2 rings (SSSR count). The minimum absolute atomic E-state index is 0.0318. The highest BCUT2D eigenvalue weighted by Gasteiger charge is 2.45. The zero-order valence-electron chi connectivity index (χ0n) is 13.2. The van der Waals surface area contributed by atoms with E-state index in [-0.39, 0.29) is 17.6 Å². The summed E-state index contributed by atoms with van der Waals surface area (Å²) >= 11 is 0. The molecule has 0 radical (unpaired) electrons. The van der Waals surface area contributed by atoms with Crippen LogP contribution in [-0.2, 0) is 14.3 Å². The number of hydrogen-bond acceptors (Lipinski definition) is 4. The average Bonchev–Trinajstić information content (AvgIpc) is 2.93. The van der Waals surface area contributed by atoms with Crippen molar-refractivity contribution in [1.82, 2.24) is 4.90 Å². The third kappa shape index (κ3) is 3.53. The highest BCUT2D eigenvalue weighted by Crippen LogP contribution is 2.38. The van der Waals surface area contributed by atoms with Gasteiger partial charge in [0.25, 0.3) is 0 Å². The number of nitrogens with zero attached hydrogens (tertiary/aromatic N) is 1. The van der Waals surface area contributed by atoms with Crippen molar-refractivity contribution in [3.05, 3.63) is 0 Å². The molecule has 0 aliphatic carbocycles. The van der Waals surface area contributed by atoms with Crippen LogP contribution in [0.1, 0.15) is 52.9 Å². The van der Waals surface area contributed by atoms with Crippen molar-refractivity contribution >= 4 is 5.97 Å². The molecule has 2 atom stereocenters. The summed E-state index contributed by atoms with van der Waals surface area (Å²) in [6, 6.07) is 0. The van der Waals surface area contributed by atoms with Gasteiger partial charge in [0, 0.05) is 12.1 Å². The average molecular weight is 283 g/mol. The van der Waals surface area contributed by atoms with E-state index in [2.05, 4.69) is 18.7 Å². The van der Waals surface area contributed by atoms with Gasteiger partial charge in [0.1, 0.15) is 0 Å². The van der Waals surface area contributed by atoms with Crippen LogP contribution in [0, 0.1) is 5.92 Å². The van der Waals surface area contributed by atoms with Crippen LogP contribution in [0.2, 0.25) is 0 Å². The molecule has 0 aromatic carbocycles. The topological polar surface area (TPSA) is 38.8 Å². The second kappa shape index (κ2) is 6.90. The first kappa shape index (κ1) is 15.8. The second-order valence-electron chi connectivity index (χ2n) is 6.51. The zero-order valence-corrected chi connectivity index (χ0v) is 13.2. The summed E-state index contributed by atoms with van der Waals surface area (Å²) in [4.78, 5) is 14.6. The molecule has 0 spiro atoms. The Balaban J connectivity index is 2.12. The third-order valence-electron chi connectivity index (χ3n) is 4.78. The van der Waals surface area contributed by atoms with Gasteiger partial charge in [-0.25, -0.2) is 0 Å². The molecule has 2 saturated heterocycles. The Hall–Kier alpha value is -0.610. The summed E-state index contributed by atoms with van der Waals surface area (Å²) in [5, 5.41) is 0. The molecule has 2 aliphatic rings. The van der Waals surface area contributed by atoms with Crippen LogP contribution in [0.15, 0.2) is 0 Å². The van der Waals surface area contributed by atoms with Crippen LogP contribution in [0.25, 0.3) is 0 Å². The van der Waals surface area contributed by atoms with Gasteiger partial charge >= 0.3 is 5.97 Å². The van der Waals surface area contributed by atoms with Crippen molar-refractivity contribution in [3.8, 4) is 0 Å². The SMILES string of the molecule is CCOC(=O)CC1(N2CCCC2)CCOC(C(C)C)C1. The molecule has 20 heavy (non-hydrogen) atoms. The fourth-order valence-corrected chi connectivity index (χ4v) is 3.60. The minimum Gasteiger partial charge on any atom is -0.466 e. The summed E-state index contributed by atoms with van der Waals surface area (Å²) in [6.07, 6.45) is 5.19. The predicted octanol–water partition coefficient (Wildman–Crippen LogP) is 2.61. The number of likely N-dealkylation sites (tertiary alicyclic amines) is 1. The molecule has 2 heterocycles. The molecule has 0 aromatic rings. The molecular weight excluding hydrogens is 254 g/mol. The lowest BCUT2D eigenvalue weighted by molar-refractivity contribution is -0.151. The number of carbonyl (C=O) groups excluding carboxylic acids is 1. The largest absolute Gasteiger partial charge is 0.466 e. The lowest BCUT2D eigenvalue weighted by Crippen LogP contribution is -2.55. The van der Waals surface area contributed by atoms with E-state index in [4.69, 9.17) is 9.47 Å². The Kier molecular flexibility index (Phi) is 5.44. The van der Waals surface area contributed by atoms with Gasteiger partial charge in [-0.1, -0.05) is 13.8 Å². The Morgan fingerprint density at radius 3 is 2.70 bits per heavy atom. The van der Waals surface area contributed by atoms with Crippen LogP contribution in [0.4, 0.5) is 0 Å². The maximum Gasteiger partial charge on any atom is 0.307 e. The Morgan fingerprint density at radius 1 is 1.40 bits per heavy atom. The molecule has 0 saturated carbocycles. The van der Waals surface area contributed by atoms with E-state index < -0.39 is 0 Å². The second-order valence-corrected chi connectivity index (χ2v) is 6.51. The van der Waals surface area contributed by atoms with Gasteiger partial charge in [0.15, 0.2) is 0 Å². The number of carbonyl (C=O) groups is 1. The zero-order chi connectivity index (χ0) is 14.6. The third-order valence-corrected chi connectivity index (χ3v) is 4.78. The van der Waals surface area contributed by atoms with Crippen LogP contribution in [0.5, 0.6) is 0 Å². The molecule has 4 heteroatoms. The van der Waals surface area contributed by atoms with Gasteiger partial charge in [0.2, 0.25) is 0 Å². The van der Waals surface area contributed by atoms with Crippen molar-refractivity contribution < 1.29 is 14.3 Å². The molecule has 0 bridgehead atoms. The van der Waals surface area contributed by atoms with E-state index in [1.807, 2.05) is 6.92 Å². The van der Waals surface area contributed by atoms with Crippen molar-refractivity contribution in [1.29, 1.82) is 0 Å². The van der Waals surface area contributed by atoms with Crippen LogP contribution < -0.4 is 0 Å². The molecular formula is C16H29NO3. The van der Waals surface area contributed by atoms with Gasteiger partial charge in [-0.05, 0) is 51.6 Å². The maximum atomic E-state index is 12.1. The Bertz CT molecular complexity index is 326. The summed E-state index contributed by atoms with van der Waals surface area (Å²) in [5.74, 6) is 0.447. The molecule has 116 valence electrons. The van der Waals surface area contributed by atoms with Crippen molar-refractivity contribution in [2.24, 2.45) is 5.92 Å². The van der Waals surface area contributed by atoms with E-state index in [1.54, 1.807) is 0 Å². The maximum absolute atomic E-state index is 12.1. The number of rotatable bonds is 5. The molecule has 2 unspecified atom stereocenters. The number of esters is 1. The first-order valence-corrected chi connectivity index (χ1v) is 8.09. The van der Waals surface area contributed by atoms with Gasteiger partial charge < -0.3 is 9.47 Å². The van der Waals surface area contributed by atoms with E-state index in [1.165, 1.54) is 12.8 Å². The lowest BCUT2D eigenvalue weighted by atomic mass is 9.79. The minimum atomic E-state index is -0.0520. The first-order valence-electron chi connectivity index (χ1n) is 8.09. The molecule has 2 fully saturated rings. The molecule has 4 nitrogen and oxygen atoms in total. The number of hydrogen-bond donors (Lipinski definition) is 0. The summed E-state index contributed by atoms with van der Waals surface area (Å²) in [6.45, 7) is 9.75. The predicted molar refractivity (Wildman–Crippen MR) is 78.6 cm³/mol. The van der Waals surface area contributed by atoms with Gasteiger partial charge in [-0.15, -0.1) is 0 Å². The molecule has 0 aromatic heterocycles. The number of ether oxygens (including phenoxy) is 2. The lowest BCUT2D eigenvalue weighted by Gasteiger charge is -2.47. The normalized spacial score (nSPS) is 31.7. The van der Waals surface area contributed by atoms with Gasteiger partial charge in [-0.3, -0.25) is 9.69 Å². The Morgan fingerprint density at radius 2 is 2.10 bits per heavy atom. The fraction of sp³-hybridized carbons (Fsp3) is 0.938. The summed E-state index contributed by atoms with van der Waals surface area (Å²) in [5.41, 5.74) is -0.0318. The standard InChI is InChI=1S/C16H29NO3/c1-4-19-15(18)12-16(17-8-5-6-9-17)7-10-20-14(11-16)13(2)3/h13-14H,4-12H2,1-3H3. The highest BCUT2D eigenvalue weighted by atomic mass is 16.5. The fourth-order valence-electron chi connectivity index (χ4n) is 3.60. The van der Waals surface area contributed by atoms with Gasteiger partial charge in [0.05, 0.1) is 19.1 Å². The van der Waals surface area contributed by atoms with Crippen molar-refractivity contribution in [3.63, 3.8) is 0 Å². The highest BCUT2D eigenvalue weighted by molar-refractivity contribution is 5.71. The van der Waals surface area contributed by atoms with E-state index in [0.717, 1.165) is 32.5 Å². The quantitative estimate of drug-likeness (QED) is 0.727. The Labute approximate surface area is 122 Å². The molecule has 0 amide bonds. The monoisotopic (exact) mass is 283 g/mol. The van der Waals surface area contributed by atoms with Crippen molar-refractivity contribution in [2.45, 2.75) is 64.5 Å². The first-order chi connectivity index (χ1) is 9.57. The molecule has 0 N–H and O–H groups in total. The van der Waals surface area contributed by atoms with Crippen LogP contribution >= 0.6 is 0 Å². The van der Waals surface area contributed by atoms with Gasteiger partial charge in [-0.2, -0.15) is 0 Å². The van der Waals surface area contributed by atoms with Crippen LogP contribution in [0.3, 0.4) is 0 Å².